The second kappa shape index (κ2) is 4.66. The molecule has 0 fully saturated rings. The maximum atomic E-state index is 5.85. The SMILES string of the molecule is Nc1ccc2c(c1)OCC(Nc1ccc3c(c1)OCO3)O2. The summed E-state index contributed by atoms with van der Waals surface area (Å²) in [6.45, 7) is 0.654. The van der Waals surface area contributed by atoms with Gasteiger partial charge in [0.05, 0.1) is 0 Å². The molecular formula is C15H14N2O4. The Labute approximate surface area is 121 Å². The van der Waals surface area contributed by atoms with E-state index in [9.17, 15) is 0 Å². The molecule has 0 radical (unpaired) electrons. The van der Waals surface area contributed by atoms with Gasteiger partial charge in [0.15, 0.2) is 23.0 Å². The molecule has 0 bridgehead atoms. The van der Waals surface area contributed by atoms with Crippen LogP contribution in [0, 0.1) is 0 Å². The molecule has 0 aromatic heterocycles. The van der Waals surface area contributed by atoms with Crippen molar-refractivity contribution in [3.05, 3.63) is 36.4 Å². The molecule has 108 valence electrons. The van der Waals surface area contributed by atoms with E-state index in [1.165, 1.54) is 0 Å². The smallest absolute Gasteiger partial charge is 0.231 e. The van der Waals surface area contributed by atoms with E-state index in [-0.39, 0.29) is 13.0 Å². The number of fused-ring (bicyclic) bond motifs is 2. The van der Waals surface area contributed by atoms with Crippen LogP contribution < -0.4 is 30.0 Å². The van der Waals surface area contributed by atoms with Crippen molar-refractivity contribution < 1.29 is 18.9 Å². The van der Waals surface area contributed by atoms with E-state index in [0.717, 1.165) is 17.2 Å². The summed E-state index contributed by atoms with van der Waals surface area (Å²) in [5.41, 5.74) is 7.25. The van der Waals surface area contributed by atoms with Gasteiger partial charge in [-0.25, -0.2) is 0 Å². The Morgan fingerprint density at radius 2 is 1.71 bits per heavy atom. The van der Waals surface area contributed by atoms with E-state index in [0.29, 0.717) is 23.8 Å². The van der Waals surface area contributed by atoms with Gasteiger partial charge in [0, 0.05) is 23.5 Å². The van der Waals surface area contributed by atoms with E-state index in [4.69, 9.17) is 24.7 Å². The third-order valence-electron chi connectivity index (χ3n) is 3.33. The van der Waals surface area contributed by atoms with E-state index in [1.807, 2.05) is 18.2 Å². The molecule has 21 heavy (non-hydrogen) atoms. The third-order valence-corrected chi connectivity index (χ3v) is 3.33. The monoisotopic (exact) mass is 286 g/mol. The van der Waals surface area contributed by atoms with Crippen LogP contribution in [0.25, 0.3) is 0 Å². The Kier molecular flexibility index (Phi) is 2.67. The minimum atomic E-state index is -0.276. The van der Waals surface area contributed by atoms with Crippen LogP contribution in [0.1, 0.15) is 0 Å². The van der Waals surface area contributed by atoms with Gasteiger partial charge in [-0.2, -0.15) is 0 Å². The highest BCUT2D eigenvalue weighted by atomic mass is 16.7. The summed E-state index contributed by atoms with van der Waals surface area (Å²) in [5.74, 6) is 2.82. The number of anilines is 2. The molecule has 0 saturated heterocycles. The predicted molar refractivity (Wildman–Crippen MR) is 77.0 cm³/mol. The van der Waals surface area contributed by atoms with Crippen molar-refractivity contribution in [2.45, 2.75) is 6.23 Å². The van der Waals surface area contributed by atoms with E-state index in [1.54, 1.807) is 18.2 Å². The summed E-state index contributed by atoms with van der Waals surface area (Å²) in [6, 6.07) is 11.0. The predicted octanol–water partition coefficient (Wildman–Crippen LogP) is 2.21. The van der Waals surface area contributed by atoms with Crippen LogP contribution in [0.3, 0.4) is 0 Å². The molecule has 0 spiro atoms. The highest BCUT2D eigenvalue weighted by Crippen LogP contribution is 2.36. The molecular weight excluding hydrogens is 272 g/mol. The van der Waals surface area contributed by atoms with Gasteiger partial charge in [0.1, 0.15) is 6.61 Å². The fourth-order valence-electron chi connectivity index (χ4n) is 2.33. The van der Waals surface area contributed by atoms with Gasteiger partial charge < -0.3 is 30.0 Å². The standard InChI is InChI=1S/C15H14N2O4/c16-9-1-3-12-13(5-9)18-7-15(21-12)17-10-2-4-11-14(6-10)20-8-19-11/h1-6,15,17H,7-8,16H2. The van der Waals surface area contributed by atoms with Crippen LogP contribution in [0.15, 0.2) is 36.4 Å². The third kappa shape index (κ3) is 2.24. The molecule has 2 aliphatic rings. The van der Waals surface area contributed by atoms with Crippen LogP contribution in [0.2, 0.25) is 0 Å². The van der Waals surface area contributed by atoms with Crippen molar-refractivity contribution in [2.75, 3.05) is 24.5 Å². The number of nitrogens with two attached hydrogens (primary N) is 1. The van der Waals surface area contributed by atoms with E-state index < -0.39 is 0 Å². The lowest BCUT2D eigenvalue weighted by molar-refractivity contribution is 0.110. The van der Waals surface area contributed by atoms with Crippen molar-refractivity contribution in [1.29, 1.82) is 0 Å². The van der Waals surface area contributed by atoms with Crippen molar-refractivity contribution in [1.82, 2.24) is 0 Å². The number of benzene rings is 2. The minimum absolute atomic E-state index is 0.261. The zero-order valence-electron chi connectivity index (χ0n) is 11.2. The second-order valence-electron chi connectivity index (χ2n) is 4.84. The zero-order valence-corrected chi connectivity index (χ0v) is 11.2. The molecule has 6 nitrogen and oxygen atoms in total. The van der Waals surface area contributed by atoms with Crippen molar-refractivity contribution in [3.63, 3.8) is 0 Å². The van der Waals surface area contributed by atoms with Crippen LogP contribution in [0.4, 0.5) is 11.4 Å². The Balaban J connectivity index is 1.50. The summed E-state index contributed by atoms with van der Waals surface area (Å²) in [6.07, 6.45) is -0.276. The molecule has 4 rings (SSSR count). The quantitative estimate of drug-likeness (QED) is 0.824. The van der Waals surface area contributed by atoms with Gasteiger partial charge in [-0.05, 0) is 24.3 Å². The Morgan fingerprint density at radius 1 is 0.905 bits per heavy atom. The van der Waals surface area contributed by atoms with Crippen LogP contribution in [-0.4, -0.2) is 19.6 Å². The lowest BCUT2D eigenvalue weighted by Crippen LogP contribution is -2.36. The lowest BCUT2D eigenvalue weighted by atomic mass is 10.2. The Morgan fingerprint density at radius 3 is 2.67 bits per heavy atom. The highest BCUT2D eigenvalue weighted by molar-refractivity contribution is 5.57. The molecule has 2 aliphatic heterocycles. The van der Waals surface area contributed by atoms with Gasteiger partial charge >= 0.3 is 0 Å². The first kappa shape index (κ1) is 12.0. The molecule has 6 heteroatoms. The van der Waals surface area contributed by atoms with Crippen molar-refractivity contribution in [3.8, 4) is 23.0 Å². The molecule has 1 atom stereocenters. The molecule has 2 aromatic carbocycles. The normalized spacial score (nSPS) is 18.4. The maximum absolute atomic E-state index is 5.85. The van der Waals surface area contributed by atoms with Crippen molar-refractivity contribution >= 4 is 11.4 Å². The van der Waals surface area contributed by atoms with Gasteiger partial charge in [-0.15, -0.1) is 0 Å². The Bertz CT molecular complexity index is 689. The van der Waals surface area contributed by atoms with Crippen LogP contribution in [0.5, 0.6) is 23.0 Å². The molecule has 0 aliphatic carbocycles. The summed E-state index contributed by atoms with van der Waals surface area (Å²) in [4.78, 5) is 0. The molecule has 3 N–H and O–H groups in total. The highest BCUT2D eigenvalue weighted by Gasteiger charge is 2.22. The largest absolute Gasteiger partial charge is 0.484 e. The minimum Gasteiger partial charge on any atom is -0.484 e. The van der Waals surface area contributed by atoms with Gasteiger partial charge in [0.25, 0.3) is 0 Å². The summed E-state index contributed by atoms with van der Waals surface area (Å²) >= 11 is 0. The summed E-state index contributed by atoms with van der Waals surface area (Å²) < 4.78 is 22.1. The number of rotatable bonds is 2. The van der Waals surface area contributed by atoms with Crippen LogP contribution in [-0.2, 0) is 0 Å². The topological polar surface area (TPSA) is 75.0 Å². The fourth-order valence-corrected chi connectivity index (χ4v) is 2.33. The summed E-state index contributed by atoms with van der Waals surface area (Å²) in [5, 5.41) is 3.25. The molecule has 1 unspecified atom stereocenters. The molecule has 2 aromatic rings. The number of nitrogens with one attached hydrogen (secondary N) is 1. The second-order valence-corrected chi connectivity index (χ2v) is 4.84. The zero-order chi connectivity index (χ0) is 14.2. The molecule has 0 amide bonds. The molecule has 2 heterocycles. The lowest BCUT2D eigenvalue weighted by Gasteiger charge is -2.27. The average Bonchev–Trinajstić information content (AvgIpc) is 2.95. The first-order valence-corrected chi connectivity index (χ1v) is 6.63. The van der Waals surface area contributed by atoms with Crippen molar-refractivity contribution in [2.24, 2.45) is 0 Å². The van der Waals surface area contributed by atoms with Gasteiger partial charge in [-0.1, -0.05) is 0 Å². The molecule has 0 saturated carbocycles. The number of ether oxygens (including phenoxy) is 4. The number of hydrogen-bond acceptors (Lipinski definition) is 6. The number of hydrogen-bond donors (Lipinski definition) is 2. The van der Waals surface area contributed by atoms with Crippen LogP contribution >= 0.6 is 0 Å². The first-order valence-electron chi connectivity index (χ1n) is 6.63. The van der Waals surface area contributed by atoms with E-state index >= 15 is 0 Å². The van der Waals surface area contributed by atoms with Gasteiger partial charge in [-0.3, -0.25) is 0 Å². The fraction of sp³-hybridized carbons (Fsp3) is 0.200. The summed E-state index contributed by atoms with van der Waals surface area (Å²) in [7, 11) is 0. The first-order chi connectivity index (χ1) is 10.3. The van der Waals surface area contributed by atoms with Gasteiger partial charge in [0.2, 0.25) is 13.0 Å². The Hall–Kier alpha value is -2.76. The van der Waals surface area contributed by atoms with E-state index in [2.05, 4.69) is 5.32 Å². The average molecular weight is 286 g/mol. The number of nitrogen functional groups attached to an aromatic ring is 1. The maximum Gasteiger partial charge on any atom is 0.231 e.